The fourth-order valence-electron chi connectivity index (χ4n) is 2.14. The molecule has 1 aromatic heterocycles. The number of benzene rings is 1. The molecule has 2 rings (SSSR count). The molecule has 0 aliphatic heterocycles. The van der Waals surface area contributed by atoms with Crippen LogP contribution in [0.3, 0.4) is 0 Å². The highest BCUT2D eigenvalue weighted by atomic mass is 16.2. The Balaban J connectivity index is 1.92. The summed E-state index contributed by atoms with van der Waals surface area (Å²) in [5.74, 6) is 0. The zero-order valence-corrected chi connectivity index (χ0v) is 12.6. The third-order valence-corrected chi connectivity index (χ3v) is 3.53. The third kappa shape index (κ3) is 3.61. The Bertz CT molecular complexity index is 630. The van der Waals surface area contributed by atoms with Crippen LogP contribution in [0.5, 0.6) is 0 Å². The van der Waals surface area contributed by atoms with E-state index in [1.807, 2.05) is 49.8 Å². The maximum Gasteiger partial charge on any atom is 0.319 e. The van der Waals surface area contributed by atoms with Crippen molar-refractivity contribution in [3.8, 4) is 0 Å². The number of nitrogens with one attached hydrogen (secondary N) is 2. The van der Waals surface area contributed by atoms with Crippen molar-refractivity contribution in [2.24, 2.45) is 12.8 Å². The number of nitrogens with two attached hydrogens (primary N) is 1. The van der Waals surface area contributed by atoms with Crippen molar-refractivity contribution in [3.05, 3.63) is 46.8 Å². The van der Waals surface area contributed by atoms with E-state index in [0.717, 1.165) is 28.2 Å². The molecular weight excluding hydrogens is 266 g/mol. The molecule has 0 saturated carbocycles. The fourth-order valence-corrected chi connectivity index (χ4v) is 2.14. The molecule has 4 N–H and O–H groups in total. The number of urea groups is 1. The topological polar surface area (TPSA) is 85.0 Å². The molecule has 0 saturated heterocycles. The van der Waals surface area contributed by atoms with Crippen molar-refractivity contribution in [2.75, 3.05) is 5.32 Å². The average molecular weight is 287 g/mol. The van der Waals surface area contributed by atoms with Gasteiger partial charge in [-0.15, -0.1) is 0 Å². The third-order valence-electron chi connectivity index (χ3n) is 3.53. The van der Waals surface area contributed by atoms with Crippen molar-refractivity contribution in [1.29, 1.82) is 0 Å². The number of carbonyl (C=O) groups is 1. The van der Waals surface area contributed by atoms with Crippen LogP contribution in [-0.4, -0.2) is 15.8 Å². The van der Waals surface area contributed by atoms with Gasteiger partial charge in [-0.1, -0.05) is 12.1 Å². The van der Waals surface area contributed by atoms with E-state index in [-0.39, 0.29) is 6.03 Å². The summed E-state index contributed by atoms with van der Waals surface area (Å²) in [5.41, 5.74) is 10.3. The van der Waals surface area contributed by atoms with Crippen molar-refractivity contribution < 1.29 is 4.79 Å². The quantitative estimate of drug-likeness (QED) is 0.802. The SMILES string of the molecule is Cc1nn(C)c(C)c1CNC(=O)Nc1ccc(CN)cc1. The molecule has 0 spiro atoms. The Labute approximate surface area is 124 Å². The summed E-state index contributed by atoms with van der Waals surface area (Å²) in [5, 5.41) is 9.96. The zero-order valence-electron chi connectivity index (χ0n) is 12.6. The van der Waals surface area contributed by atoms with Gasteiger partial charge in [-0.25, -0.2) is 4.79 Å². The molecule has 6 nitrogen and oxygen atoms in total. The van der Waals surface area contributed by atoms with Crippen molar-refractivity contribution in [3.63, 3.8) is 0 Å². The Hall–Kier alpha value is -2.34. The van der Waals surface area contributed by atoms with Crippen LogP contribution in [-0.2, 0) is 20.1 Å². The number of aryl methyl sites for hydroxylation is 2. The van der Waals surface area contributed by atoms with Crippen LogP contribution in [0.15, 0.2) is 24.3 Å². The standard InChI is InChI=1S/C15H21N5O/c1-10-14(11(2)20(3)19-10)9-17-15(21)18-13-6-4-12(8-16)5-7-13/h4-7H,8-9,16H2,1-3H3,(H2,17,18,21). The molecule has 0 radical (unpaired) electrons. The van der Waals surface area contributed by atoms with Gasteiger partial charge < -0.3 is 16.4 Å². The number of rotatable bonds is 4. The lowest BCUT2D eigenvalue weighted by molar-refractivity contribution is 0.251. The summed E-state index contributed by atoms with van der Waals surface area (Å²) in [6.45, 7) is 4.87. The number of hydrogen-bond acceptors (Lipinski definition) is 3. The van der Waals surface area contributed by atoms with Crippen molar-refractivity contribution in [1.82, 2.24) is 15.1 Å². The highest BCUT2D eigenvalue weighted by molar-refractivity contribution is 5.89. The summed E-state index contributed by atoms with van der Waals surface area (Å²) in [6.07, 6.45) is 0. The van der Waals surface area contributed by atoms with Crippen LogP contribution in [0.1, 0.15) is 22.5 Å². The number of anilines is 1. The van der Waals surface area contributed by atoms with E-state index in [9.17, 15) is 4.79 Å². The van der Waals surface area contributed by atoms with E-state index in [4.69, 9.17) is 5.73 Å². The van der Waals surface area contributed by atoms with Crippen LogP contribution in [0.4, 0.5) is 10.5 Å². The molecule has 21 heavy (non-hydrogen) atoms. The molecule has 0 fully saturated rings. The number of hydrogen-bond donors (Lipinski definition) is 3. The first kappa shape index (κ1) is 15.1. The van der Waals surface area contributed by atoms with Crippen LogP contribution in [0.25, 0.3) is 0 Å². The van der Waals surface area contributed by atoms with E-state index in [2.05, 4.69) is 15.7 Å². The maximum atomic E-state index is 11.9. The van der Waals surface area contributed by atoms with E-state index in [1.54, 1.807) is 0 Å². The first-order valence-corrected chi connectivity index (χ1v) is 6.84. The maximum absolute atomic E-state index is 11.9. The predicted molar refractivity (Wildman–Crippen MR) is 82.9 cm³/mol. The molecule has 0 atom stereocenters. The number of aromatic nitrogens is 2. The minimum Gasteiger partial charge on any atom is -0.334 e. The summed E-state index contributed by atoms with van der Waals surface area (Å²) in [4.78, 5) is 11.9. The monoisotopic (exact) mass is 287 g/mol. The molecule has 1 heterocycles. The minimum atomic E-state index is -0.238. The van der Waals surface area contributed by atoms with Gasteiger partial charge in [0.15, 0.2) is 0 Å². The first-order valence-electron chi connectivity index (χ1n) is 6.84. The molecule has 0 aliphatic rings. The Kier molecular flexibility index (Phi) is 4.59. The molecule has 0 bridgehead atoms. The molecule has 2 amide bonds. The van der Waals surface area contributed by atoms with Gasteiger partial charge in [0.2, 0.25) is 0 Å². The van der Waals surface area contributed by atoms with E-state index in [0.29, 0.717) is 13.1 Å². The molecule has 0 unspecified atom stereocenters. The average Bonchev–Trinajstić information content (AvgIpc) is 2.71. The summed E-state index contributed by atoms with van der Waals surface area (Å²) < 4.78 is 1.82. The van der Waals surface area contributed by atoms with Gasteiger partial charge in [-0.05, 0) is 31.5 Å². The van der Waals surface area contributed by atoms with Gasteiger partial charge in [0.1, 0.15) is 0 Å². The summed E-state index contributed by atoms with van der Waals surface area (Å²) >= 11 is 0. The Morgan fingerprint density at radius 3 is 2.48 bits per heavy atom. The van der Waals surface area contributed by atoms with Crippen LogP contribution in [0.2, 0.25) is 0 Å². The minimum absolute atomic E-state index is 0.238. The second kappa shape index (κ2) is 6.41. The van der Waals surface area contributed by atoms with Crippen LogP contribution < -0.4 is 16.4 Å². The first-order chi connectivity index (χ1) is 10.0. The second-order valence-corrected chi connectivity index (χ2v) is 4.98. The number of nitrogens with zero attached hydrogens (tertiary/aromatic N) is 2. The van der Waals surface area contributed by atoms with E-state index >= 15 is 0 Å². The predicted octanol–water partition coefficient (Wildman–Crippen LogP) is 1.82. The number of carbonyl (C=O) groups excluding carboxylic acids is 1. The van der Waals surface area contributed by atoms with E-state index < -0.39 is 0 Å². The molecule has 2 aromatic rings. The molecule has 0 aliphatic carbocycles. The normalized spacial score (nSPS) is 10.5. The summed E-state index contributed by atoms with van der Waals surface area (Å²) in [6, 6.07) is 7.22. The van der Waals surface area contributed by atoms with Gasteiger partial charge >= 0.3 is 6.03 Å². The molecule has 112 valence electrons. The van der Waals surface area contributed by atoms with Gasteiger partial charge in [-0.3, -0.25) is 4.68 Å². The van der Waals surface area contributed by atoms with Gasteiger partial charge in [0.05, 0.1) is 5.69 Å². The van der Waals surface area contributed by atoms with Gasteiger partial charge in [0, 0.05) is 37.1 Å². The lowest BCUT2D eigenvalue weighted by Crippen LogP contribution is -2.28. The van der Waals surface area contributed by atoms with Gasteiger partial charge in [0.25, 0.3) is 0 Å². The Morgan fingerprint density at radius 1 is 1.29 bits per heavy atom. The van der Waals surface area contributed by atoms with Crippen LogP contribution >= 0.6 is 0 Å². The summed E-state index contributed by atoms with van der Waals surface area (Å²) in [7, 11) is 1.89. The van der Waals surface area contributed by atoms with Crippen LogP contribution in [0, 0.1) is 13.8 Å². The van der Waals surface area contributed by atoms with Crippen molar-refractivity contribution in [2.45, 2.75) is 26.9 Å². The largest absolute Gasteiger partial charge is 0.334 e. The molecule has 6 heteroatoms. The highest BCUT2D eigenvalue weighted by Crippen LogP contribution is 2.12. The molecule has 1 aromatic carbocycles. The molecular formula is C15H21N5O. The van der Waals surface area contributed by atoms with Gasteiger partial charge in [-0.2, -0.15) is 5.10 Å². The number of amides is 2. The Morgan fingerprint density at radius 2 is 1.95 bits per heavy atom. The smallest absolute Gasteiger partial charge is 0.319 e. The lowest BCUT2D eigenvalue weighted by Gasteiger charge is -2.08. The second-order valence-electron chi connectivity index (χ2n) is 4.98. The fraction of sp³-hybridized carbons (Fsp3) is 0.333. The zero-order chi connectivity index (χ0) is 15.4. The highest BCUT2D eigenvalue weighted by Gasteiger charge is 2.10. The van der Waals surface area contributed by atoms with Crippen molar-refractivity contribution >= 4 is 11.7 Å². The van der Waals surface area contributed by atoms with E-state index in [1.165, 1.54) is 0 Å². The lowest BCUT2D eigenvalue weighted by atomic mass is 10.2.